The van der Waals surface area contributed by atoms with Crippen LogP contribution in [0.15, 0.2) is 71.6 Å². The van der Waals surface area contributed by atoms with Crippen molar-refractivity contribution in [2.75, 3.05) is 20.2 Å². The van der Waals surface area contributed by atoms with E-state index in [1.165, 1.54) is 44.8 Å². The molecule has 0 bridgehead atoms. The normalized spacial score (nSPS) is 30.5. The Labute approximate surface area is 375 Å². The number of ether oxygens (including phenoxy) is 1. The average Bonchev–Trinajstić information content (AvgIpc) is 3.78. The van der Waals surface area contributed by atoms with Gasteiger partial charge in [0.25, 0.3) is 0 Å². The van der Waals surface area contributed by atoms with E-state index in [0.717, 1.165) is 54.5 Å². The number of phenols is 1. The molecule has 63 heavy (non-hydrogen) atoms. The van der Waals surface area contributed by atoms with Crippen molar-refractivity contribution in [2.24, 2.45) is 40.2 Å². The van der Waals surface area contributed by atoms with E-state index in [9.17, 15) is 24.9 Å². The highest BCUT2D eigenvalue weighted by atomic mass is 16.5. The molecule has 4 fully saturated rings. The van der Waals surface area contributed by atoms with Gasteiger partial charge in [0.05, 0.1) is 25.1 Å². The second kappa shape index (κ2) is 19.8. The summed E-state index contributed by atoms with van der Waals surface area (Å²) in [5, 5.41) is 42.3. The molecule has 0 amide bonds. The largest absolute Gasteiger partial charge is 0.504 e. The number of fused-ring (bicyclic) bond motifs is 2. The van der Waals surface area contributed by atoms with Crippen LogP contribution in [-0.4, -0.2) is 65.3 Å². The fourth-order valence-electron chi connectivity index (χ4n) is 12.7. The fraction of sp³-hybridized carbons (Fsp3) is 0.593. The third-order valence-electron chi connectivity index (χ3n) is 16.3. The number of carbonyl (C=O) groups excluding carboxylic acids is 2. The Morgan fingerprint density at radius 1 is 1.05 bits per heavy atom. The quantitative estimate of drug-likeness (QED) is 0.109. The van der Waals surface area contributed by atoms with E-state index < -0.39 is 17.6 Å². The molecular weight excluding hydrogens is 787 g/mol. The van der Waals surface area contributed by atoms with Crippen molar-refractivity contribution in [3.63, 3.8) is 0 Å². The first-order chi connectivity index (χ1) is 30.5. The minimum atomic E-state index is -1.16. The summed E-state index contributed by atoms with van der Waals surface area (Å²) in [6, 6.07) is 14.1. The minimum absolute atomic E-state index is 0.00748. The van der Waals surface area contributed by atoms with Crippen LogP contribution in [0, 0.1) is 46.3 Å². The lowest BCUT2D eigenvalue weighted by Gasteiger charge is -2.49. The zero-order valence-electron chi connectivity index (χ0n) is 37.7. The van der Waals surface area contributed by atoms with Gasteiger partial charge in [0, 0.05) is 43.7 Å². The van der Waals surface area contributed by atoms with Crippen LogP contribution in [0.4, 0.5) is 0 Å². The van der Waals surface area contributed by atoms with Crippen LogP contribution in [0.25, 0.3) is 6.08 Å². The number of allylic oxidation sites excluding steroid dienone is 3. The molecule has 8 rings (SSSR count). The van der Waals surface area contributed by atoms with Gasteiger partial charge in [0.15, 0.2) is 17.3 Å². The molecule has 1 spiro atoms. The summed E-state index contributed by atoms with van der Waals surface area (Å²) >= 11 is 0. The van der Waals surface area contributed by atoms with Crippen LogP contribution < -0.4 is 21.1 Å². The number of rotatable bonds is 13. The molecule has 2 aliphatic heterocycles. The van der Waals surface area contributed by atoms with E-state index >= 15 is 0 Å². The summed E-state index contributed by atoms with van der Waals surface area (Å²) in [5.41, 5.74) is 10.6. The van der Waals surface area contributed by atoms with Crippen LogP contribution >= 0.6 is 0 Å². The summed E-state index contributed by atoms with van der Waals surface area (Å²) in [7, 11) is 1.53. The molecule has 338 valence electrons. The molecule has 0 radical (unpaired) electrons. The molecule has 0 unspecified atom stereocenters. The maximum absolute atomic E-state index is 14.5. The van der Waals surface area contributed by atoms with Gasteiger partial charge < -0.3 is 36.4 Å². The van der Waals surface area contributed by atoms with Crippen molar-refractivity contribution in [3.8, 4) is 23.3 Å². The van der Waals surface area contributed by atoms with E-state index in [2.05, 4.69) is 53.7 Å². The number of Topliss-reactive ketones (excluding diaryl/α,β-unsaturated/α-hetero) is 2. The Morgan fingerprint density at radius 3 is 2.62 bits per heavy atom. The Balaban J connectivity index is 1.02. The van der Waals surface area contributed by atoms with Crippen LogP contribution in [0.1, 0.15) is 139 Å². The number of aliphatic hydroxyl groups excluding tert-OH is 2. The van der Waals surface area contributed by atoms with Gasteiger partial charge in [-0.25, -0.2) is 0 Å². The number of ketones is 2. The minimum Gasteiger partial charge on any atom is -0.504 e. The predicted octanol–water partition coefficient (Wildman–Crippen LogP) is 8.42. The molecule has 4 aliphatic carbocycles. The zero-order valence-corrected chi connectivity index (χ0v) is 37.7. The molecule has 9 atom stereocenters. The highest BCUT2D eigenvalue weighted by Gasteiger charge is 2.51. The summed E-state index contributed by atoms with van der Waals surface area (Å²) in [6.45, 7) is 3.80. The maximum atomic E-state index is 14.5. The Hall–Kier alpha value is -4.36. The van der Waals surface area contributed by atoms with Crippen molar-refractivity contribution in [1.82, 2.24) is 10.6 Å². The summed E-state index contributed by atoms with van der Waals surface area (Å²) in [6.07, 6.45) is 19.3. The molecule has 1 saturated heterocycles. The number of aromatic hydroxyl groups is 1. The van der Waals surface area contributed by atoms with Crippen molar-refractivity contribution in [1.29, 1.82) is 0 Å². The second-order valence-electron chi connectivity index (χ2n) is 20.1. The number of methoxy groups -OCH3 is 1. The van der Waals surface area contributed by atoms with Gasteiger partial charge in [-0.3, -0.25) is 9.59 Å². The lowest BCUT2D eigenvalue weighted by Crippen LogP contribution is -2.53. The number of benzene rings is 2. The van der Waals surface area contributed by atoms with Gasteiger partial charge in [-0.2, -0.15) is 0 Å². The first-order valence-electron chi connectivity index (χ1n) is 24.2. The lowest BCUT2D eigenvalue weighted by molar-refractivity contribution is -0.135. The molecular formula is C54H71N3O6. The molecule has 6 aliphatic rings. The van der Waals surface area contributed by atoms with E-state index in [-0.39, 0.29) is 35.2 Å². The number of dihydropyridines is 1. The lowest BCUT2D eigenvalue weighted by atomic mass is 9.58. The van der Waals surface area contributed by atoms with Crippen LogP contribution in [0.3, 0.4) is 0 Å². The van der Waals surface area contributed by atoms with E-state index in [1.54, 1.807) is 6.07 Å². The van der Waals surface area contributed by atoms with Crippen LogP contribution in [0.5, 0.6) is 11.5 Å². The van der Waals surface area contributed by atoms with Crippen molar-refractivity contribution < 1.29 is 29.6 Å². The first kappa shape index (κ1) is 45.2. The molecule has 0 aromatic heterocycles. The molecule has 3 saturated carbocycles. The van der Waals surface area contributed by atoms with E-state index in [1.807, 2.05) is 30.3 Å². The van der Waals surface area contributed by atoms with Gasteiger partial charge in [0.2, 0.25) is 0 Å². The number of aliphatic hydroxyl groups is 2. The molecule has 2 heterocycles. The van der Waals surface area contributed by atoms with Crippen molar-refractivity contribution in [3.05, 3.63) is 88.3 Å². The third kappa shape index (κ3) is 9.99. The molecule has 2 aromatic rings. The van der Waals surface area contributed by atoms with Crippen molar-refractivity contribution in [2.45, 2.75) is 147 Å². The monoisotopic (exact) mass is 858 g/mol. The van der Waals surface area contributed by atoms with Crippen LogP contribution in [-0.2, 0) is 16.0 Å². The Bertz CT molecular complexity index is 2130. The number of nitrogens with two attached hydrogens (primary N) is 1. The smallest absolute Gasteiger partial charge is 0.160 e. The number of hydrogen-bond donors (Lipinski definition) is 6. The number of phenolic OH excluding ortho intramolecular Hbond substituents is 1. The Kier molecular flexibility index (Phi) is 14.2. The van der Waals surface area contributed by atoms with Crippen molar-refractivity contribution >= 4 is 17.6 Å². The van der Waals surface area contributed by atoms with Gasteiger partial charge >= 0.3 is 0 Å². The fourth-order valence-corrected chi connectivity index (χ4v) is 12.7. The first-order valence-corrected chi connectivity index (χ1v) is 24.2. The number of piperidine rings is 1. The maximum Gasteiger partial charge on any atom is 0.160 e. The van der Waals surface area contributed by atoms with Crippen LogP contribution in [0.2, 0.25) is 0 Å². The molecule has 2 aromatic carbocycles. The number of carbonyl (C=O) groups is 2. The van der Waals surface area contributed by atoms with E-state index in [0.29, 0.717) is 99.1 Å². The number of nitrogens with one attached hydrogen (secondary N) is 2. The van der Waals surface area contributed by atoms with Gasteiger partial charge in [-0.1, -0.05) is 74.1 Å². The topological polar surface area (TPSA) is 154 Å². The number of aryl methyl sites for hydroxylation is 1. The van der Waals surface area contributed by atoms with E-state index in [4.69, 9.17) is 10.5 Å². The molecule has 7 N–H and O–H groups in total. The summed E-state index contributed by atoms with van der Waals surface area (Å²) in [4.78, 5) is 26.7. The van der Waals surface area contributed by atoms with Gasteiger partial charge in [-0.05, 0) is 159 Å². The average molecular weight is 858 g/mol. The summed E-state index contributed by atoms with van der Waals surface area (Å²) in [5.74, 6) is 9.42. The third-order valence-corrected chi connectivity index (χ3v) is 16.3. The summed E-state index contributed by atoms with van der Waals surface area (Å²) < 4.78 is 5.53. The predicted molar refractivity (Wildman–Crippen MR) is 248 cm³/mol. The second-order valence-corrected chi connectivity index (χ2v) is 20.1. The molecule has 9 heteroatoms. The van der Waals surface area contributed by atoms with Gasteiger partial charge in [0.1, 0.15) is 11.2 Å². The molecule has 9 nitrogen and oxygen atoms in total. The Morgan fingerprint density at radius 2 is 1.86 bits per heavy atom. The standard InChI is InChI=1S/C54H71N3O6/c1-3-37-33-57-52(55)31-46(37)39(12-11-35-9-5-4-6-10-35)27-43(58)16-13-38-20-24-54(50(61)18-15-40-28-49(63-2)48(60)30-45(38)40)23-19-36(25-51(54)62)32-53(21-7-8-22-53)42-26-41-14-17-44(59)29-47(41)56-34-42/h4-6,9-12,28,30-31,36,38-39,41-43,47,51,56-58,60,62H,3,7-8,13-19,21-23,25-27,29,32-34,55H2,1-2H3/b12-11+/t36-,38+,39-,41-,42-,43-,47-,51-,54+/m1/s1. The zero-order chi connectivity index (χ0) is 44.1. The SMILES string of the molecule is CCC1=C([C@H](/C=C/c2ccccc2)C[C@H](O)CC[C@H]2C#C[C@@]3(CC[C@@H](CC4([C@H]5CN[C@@H]6CC(=O)CC[C@@H]6C5)CCCC4)C[C@H]3O)C(=O)CCc3cc(OC)c(O)cc32)C=C(N)NC1. The highest BCUT2D eigenvalue weighted by molar-refractivity contribution is 5.89. The highest BCUT2D eigenvalue weighted by Crippen LogP contribution is 2.55. The van der Waals surface area contributed by atoms with Gasteiger partial charge in [-0.15, -0.1) is 0 Å². The number of hydrogen-bond acceptors (Lipinski definition) is 9.